The average Bonchev–Trinajstić information content (AvgIpc) is 2.22. The monoisotopic (exact) mass is 221 g/mol. The van der Waals surface area contributed by atoms with E-state index in [1.165, 1.54) is 0 Å². The molecule has 0 unspecified atom stereocenters. The highest BCUT2D eigenvalue weighted by Crippen LogP contribution is 2.10. The minimum Gasteiger partial charge on any atom is -0.293 e. The van der Waals surface area contributed by atoms with Gasteiger partial charge in [0.25, 0.3) is 0 Å². The maximum absolute atomic E-state index is 11.5. The van der Waals surface area contributed by atoms with Crippen molar-refractivity contribution in [1.29, 1.82) is 0 Å². The highest BCUT2D eigenvalue weighted by Gasteiger charge is 2.09. The summed E-state index contributed by atoms with van der Waals surface area (Å²) in [5.74, 6) is -0.448. The van der Waals surface area contributed by atoms with Crippen LogP contribution in [0.1, 0.15) is 34.3 Å². The summed E-state index contributed by atoms with van der Waals surface area (Å²) in [5, 5.41) is 0. The first-order valence-corrected chi connectivity index (χ1v) is 5.35. The fourth-order valence-electron chi connectivity index (χ4n) is 1.40. The molecule has 1 radical (unpaired) electrons. The molecule has 0 aromatic heterocycles. The first-order valence-electron chi connectivity index (χ1n) is 5.35. The van der Waals surface area contributed by atoms with Crippen molar-refractivity contribution < 1.29 is 14.6 Å². The lowest BCUT2D eigenvalue weighted by Crippen LogP contribution is -2.07. The molecular formula is C13H17O3. The zero-order chi connectivity index (χ0) is 12.0. The summed E-state index contributed by atoms with van der Waals surface area (Å²) in [4.78, 5) is 21.0. The Morgan fingerprint density at radius 2 is 1.88 bits per heavy atom. The van der Waals surface area contributed by atoms with Gasteiger partial charge in [-0.15, -0.1) is 0 Å². The second-order valence-electron chi connectivity index (χ2n) is 3.78. The van der Waals surface area contributed by atoms with Gasteiger partial charge in [0.2, 0.25) is 0 Å². The molecule has 1 rings (SSSR count). The van der Waals surface area contributed by atoms with Crippen LogP contribution >= 0.6 is 0 Å². The molecule has 1 aromatic carbocycles. The van der Waals surface area contributed by atoms with Gasteiger partial charge in [-0.25, -0.2) is 4.79 Å². The Morgan fingerprint density at radius 1 is 1.25 bits per heavy atom. The van der Waals surface area contributed by atoms with Gasteiger partial charge >= 0.3 is 5.97 Å². The molecular weight excluding hydrogens is 204 g/mol. The highest BCUT2D eigenvalue weighted by atomic mass is 17.2. The summed E-state index contributed by atoms with van der Waals surface area (Å²) in [6.45, 7) is 7.93. The van der Waals surface area contributed by atoms with Gasteiger partial charge in [0.05, 0.1) is 12.2 Å². The summed E-state index contributed by atoms with van der Waals surface area (Å²) in [7, 11) is 0. The van der Waals surface area contributed by atoms with Crippen molar-refractivity contribution in [2.24, 2.45) is 0 Å². The lowest BCUT2D eigenvalue weighted by Gasteiger charge is -2.04. The topological polar surface area (TPSA) is 35.5 Å². The van der Waals surface area contributed by atoms with Crippen LogP contribution in [0.3, 0.4) is 0 Å². The molecule has 1 aromatic rings. The lowest BCUT2D eigenvalue weighted by molar-refractivity contribution is -0.241. The number of unbranched alkanes of at least 4 members (excludes halogenated alkanes) is 1. The summed E-state index contributed by atoms with van der Waals surface area (Å²) in [5.41, 5.74) is 2.58. The van der Waals surface area contributed by atoms with E-state index in [-0.39, 0.29) is 0 Å². The molecule has 0 bridgehead atoms. The van der Waals surface area contributed by atoms with Crippen LogP contribution in [-0.4, -0.2) is 12.6 Å². The number of carbonyl (C=O) groups is 1. The first-order chi connectivity index (χ1) is 7.63. The number of aryl methyl sites for hydroxylation is 2. The Labute approximate surface area is 96.3 Å². The van der Waals surface area contributed by atoms with Crippen LogP contribution in [0.4, 0.5) is 0 Å². The zero-order valence-corrected chi connectivity index (χ0v) is 9.79. The minimum absolute atomic E-state index is 0.389. The second-order valence-corrected chi connectivity index (χ2v) is 3.78. The molecule has 3 heteroatoms. The SMILES string of the molecule is [CH2]CCCOOC(=O)c1cc(C)cc(C)c1. The van der Waals surface area contributed by atoms with Gasteiger partial charge in [0.1, 0.15) is 0 Å². The lowest BCUT2D eigenvalue weighted by atomic mass is 10.1. The molecule has 0 N–H and O–H groups in total. The van der Waals surface area contributed by atoms with Gasteiger partial charge in [-0.2, -0.15) is 4.89 Å². The summed E-state index contributed by atoms with van der Waals surface area (Å²) in [6, 6.07) is 5.56. The van der Waals surface area contributed by atoms with Crippen molar-refractivity contribution in [3.8, 4) is 0 Å². The molecule has 0 spiro atoms. The fraction of sp³-hybridized carbons (Fsp3) is 0.385. The summed E-state index contributed by atoms with van der Waals surface area (Å²) < 4.78 is 0. The van der Waals surface area contributed by atoms with Crippen molar-refractivity contribution in [2.45, 2.75) is 26.7 Å². The van der Waals surface area contributed by atoms with E-state index in [9.17, 15) is 4.79 Å². The number of benzene rings is 1. The van der Waals surface area contributed by atoms with Crippen LogP contribution in [0, 0.1) is 20.8 Å². The molecule has 0 fully saturated rings. The third-order valence-electron chi connectivity index (χ3n) is 2.07. The predicted octanol–water partition coefficient (Wildman–Crippen LogP) is 3.01. The van der Waals surface area contributed by atoms with Crippen LogP contribution in [0.25, 0.3) is 0 Å². The van der Waals surface area contributed by atoms with E-state index >= 15 is 0 Å². The van der Waals surface area contributed by atoms with Gasteiger partial charge in [-0.3, -0.25) is 4.89 Å². The summed E-state index contributed by atoms with van der Waals surface area (Å²) >= 11 is 0. The third-order valence-corrected chi connectivity index (χ3v) is 2.07. The number of hydrogen-bond donors (Lipinski definition) is 0. The van der Waals surface area contributed by atoms with Crippen LogP contribution in [0.15, 0.2) is 18.2 Å². The minimum atomic E-state index is -0.448. The van der Waals surface area contributed by atoms with Gasteiger partial charge in [-0.1, -0.05) is 30.5 Å². The van der Waals surface area contributed by atoms with Crippen LogP contribution in [-0.2, 0) is 9.78 Å². The molecule has 0 atom stereocenters. The largest absolute Gasteiger partial charge is 0.373 e. The highest BCUT2D eigenvalue weighted by molar-refractivity contribution is 5.89. The molecule has 0 aliphatic carbocycles. The predicted molar refractivity (Wildman–Crippen MR) is 61.9 cm³/mol. The van der Waals surface area contributed by atoms with Crippen LogP contribution in [0.5, 0.6) is 0 Å². The van der Waals surface area contributed by atoms with E-state index < -0.39 is 5.97 Å². The van der Waals surface area contributed by atoms with E-state index in [0.717, 1.165) is 24.0 Å². The van der Waals surface area contributed by atoms with Gasteiger partial charge in [0, 0.05) is 0 Å². The van der Waals surface area contributed by atoms with Crippen LogP contribution in [0.2, 0.25) is 0 Å². The van der Waals surface area contributed by atoms with E-state index in [1.807, 2.05) is 19.9 Å². The van der Waals surface area contributed by atoms with Crippen molar-refractivity contribution >= 4 is 5.97 Å². The van der Waals surface area contributed by atoms with E-state index in [1.54, 1.807) is 12.1 Å². The van der Waals surface area contributed by atoms with Gasteiger partial charge < -0.3 is 0 Å². The molecule has 0 saturated heterocycles. The summed E-state index contributed by atoms with van der Waals surface area (Å²) in [6.07, 6.45) is 1.54. The van der Waals surface area contributed by atoms with Gasteiger partial charge in [-0.05, 0) is 32.4 Å². The number of rotatable bonds is 5. The molecule has 87 valence electrons. The Balaban J connectivity index is 2.52. The standard InChI is InChI=1S/C13H17O3/c1-4-5-6-15-16-13(14)12-8-10(2)7-11(3)9-12/h7-9H,1,4-6H2,2-3H3. The molecule has 0 aliphatic rings. The smallest absolute Gasteiger partial charge is 0.293 e. The average molecular weight is 221 g/mol. The van der Waals surface area contributed by atoms with E-state index in [0.29, 0.717) is 12.2 Å². The van der Waals surface area contributed by atoms with Crippen LogP contribution < -0.4 is 0 Å². The molecule has 0 saturated carbocycles. The maximum Gasteiger partial charge on any atom is 0.373 e. The third kappa shape index (κ3) is 4.03. The first kappa shape index (κ1) is 12.7. The van der Waals surface area contributed by atoms with Crippen molar-refractivity contribution in [1.82, 2.24) is 0 Å². The molecule has 3 nitrogen and oxygen atoms in total. The number of hydrogen-bond acceptors (Lipinski definition) is 3. The van der Waals surface area contributed by atoms with Crippen molar-refractivity contribution in [3.63, 3.8) is 0 Å². The quantitative estimate of drug-likeness (QED) is 0.435. The number of carbonyl (C=O) groups excluding carboxylic acids is 1. The van der Waals surface area contributed by atoms with Crippen molar-refractivity contribution in [2.75, 3.05) is 6.61 Å². The Bertz CT molecular complexity index is 338. The Kier molecular flexibility index (Phi) is 4.99. The molecule has 0 amide bonds. The van der Waals surface area contributed by atoms with Gasteiger partial charge in [0.15, 0.2) is 0 Å². The maximum atomic E-state index is 11.5. The Hall–Kier alpha value is -1.35. The van der Waals surface area contributed by atoms with E-state index in [2.05, 4.69) is 11.8 Å². The normalized spacial score (nSPS) is 10.2. The van der Waals surface area contributed by atoms with E-state index in [4.69, 9.17) is 4.89 Å². The Morgan fingerprint density at radius 3 is 2.44 bits per heavy atom. The molecule has 0 heterocycles. The molecule has 16 heavy (non-hydrogen) atoms. The van der Waals surface area contributed by atoms with Crippen molar-refractivity contribution in [3.05, 3.63) is 41.8 Å². The second kappa shape index (κ2) is 6.28. The zero-order valence-electron chi connectivity index (χ0n) is 9.79. The fourth-order valence-corrected chi connectivity index (χ4v) is 1.40. The molecule has 0 aliphatic heterocycles.